The number of allylic oxidation sites excluding steroid dienone is 1. The highest BCUT2D eigenvalue weighted by Gasteiger charge is 2.16. The van der Waals surface area contributed by atoms with E-state index in [0.717, 1.165) is 12.5 Å². The standard InChI is InChI=1S/C11H21N/c1-3-5-8-12-9-6-7-11(4-2)10-12/h3,5,11H,4,6-10H2,1-2H3/b5-3+. The molecule has 1 aliphatic rings. The van der Waals surface area contributed by atoms with E-state index in [1.54, 1.807) is 0 Å². The molecule has 1 unspecified atom stereocenters. The number of piperidine rings is 1. The summed E-state index contributed by atoms with van der Waals surface area (Å²) >= 11 is 0. The summed E-state index contributed by atoms with van der Waals surface area (Å²) in [5.41, 5.74) is 0. The second kappa shape index (κ2) is 5.36. The van der Waals surface area contributed by atoms with E-state index < -0.39 is 0 Å². The first-order valence-electron chi connectivity index (χ1n) is 5.20. The number of rotatable bonds is 3. The maximum atomic E-state index is 2.57. The summed E-state index contributed by atoms with van der Waals surface area (Å²) in [6.45, 7) is 8.19. The van der Waals surface area contributed by atoms with Crippen LogP contribution in [-0.4, -0.2) is 24.5 Å². The Morgan fingerprint density at radius 1 is 1.50 bits per heavy atom. The smallest absolute Gasteiger partial charge is 0.0163 e. The lowest BCUT2D eigenvalue weighted by atomic mass is 9.96. The molecule has 70 valence electrons. The number of likely N-dealkylation sites (tertiary alicyclic amines) is 1. The van der Waals surface area contributed by atoms with Crippen LogP contribution in [0.4, 0.5) is 0 Å². The lowest BCUT2D eigenvalue weighted by Crippen LogP contribution is -2.35. The van der Waals surface area contributed by atoms with Crippen LogP contribution in [0.2, 0.25) is 0 Å². The number of hydrogen-bond acceptors (Lipinski definition) is 1. The van der Waals surface area contributed by atoms with Crippen molar-refractivity contribution < 1.29 is 0 Å². The molecule has 0 N–H and O–H groups in total. The zero-order valence-electron chi connectivity index (χ0n) is 8.42. The molecule has 1 fully saturated rings. The molecule has 1 heterocycles. The highest BCUT2D eigenvalue weighted by Crippen LogP contribution is 2.18. The molecule has 12 heavy (non-hydrogen) atoms. The molecule has 1 nitrogen and oxygen atoms in total. The molecule has 0 aliphatic carbocycles. The summed E-state index contributed by atoms with van der Waals surface area (Å²) in [5, 5.41) is 0. The minimum absolute atomic E-state index is 0.962. The Morgan fingerprint density at radius 3 is 3.00 bits per heavy atom. The first-order valence-corrected chi connectivity index (χ1v) is 5.20. The van der Waals surface area contributed by atoms with Gasteiger partial charge in [0.25, 0.3) is 0 Å². The third kappa shape index (κ3) is 2.98. The maximum absolute atomic E-state index is 2.57. The van der Waals surface area contributed by atoms with Gasteiger partial charge in [0.05, 0.1) is 0 Å². The van der Waals surface area contributed by atoms with Crippen molar-refractivity contribution in [1.29, 1.82) is 0 Å². The van der Waals surface area contributed by atoms with Crippen LogP contribution in [0, 0.1) is 5.92 Å². The third-order valence-corrected chi connectivity index (χ3v) is 2.78. The fraction of sp³-hybridized carbons (Fsp3) is 0.818. The average Bonchev–Trinajstić information content (AvgIpc) is 2.15. The molecule has 0 aromatic carbocycles. The minimum atomic E-state index is 0.962. The summed E-state index contributed by atoms with van der Waals surface area (Å²) in [5.74, 6) is 0.962. The first-order chi connectivity index (χ1) is 5.86. The molecule has 1 heteroatoms. The predicted molar refractivity (Wildman–Crippen MR) is 54.3 cm³/mol. The first kappa shape index (κ1) is 9.79. The second-order valence-electron chi connectivity index (χ2n) is 3.75. The van der Waals surface area contributed by atoms with Crippen molar-refractivity contribution in [2.45, 2.75) is 33.1 Å². The monoisotopic (exact) mass is 167 g/mol. The van der Waals surface area contributed by atoms with Crippen molar-refractivity contribution in [2.75, 3.05) is 19.6 Å². The Hall–Kier alpha value is -0.300. The molecule has 1 aliphatic heterocycles. The fourth-order valence-corrected chi connectivity index (χ4v) is 1.90. The molecular formula is C11H21N. The van der Waals surface area contributed by atoms with Gasteiger partial charge in [-0.05, 0) is 32.2 Å². The average molecular weight is 167 g/mol. The second-order valence-corrected chi connectivity index (χ2v) is 3.75. The van der Waals surface area contributed by atoms with Crippen molar-refractivity contribution >= 4 is 0 Å². The normalized spacial score (nSPS) is 26.7. The van der Waals surface area contributed by atoms with Crippen LogP contribution < -0.4 is 0 Å². The summed E-state index contributed by atoms with van der Waals surface area (Å²) in [6.07, 6.45) is 8.61. The lowest BCUT2D eigenvalue weighted by molar-refractivity contribution is 0.188. The predicted octanol–water partition coefficient (Wildman–Crippen LogP) is 2.68. The van der Waals surface area contributed by atoms with Crippen molar-refractivity contribution in [1.82, 2.24) is 4.90 Å². The van der Waals surface area contributed by atoms with E-state index in [4.69, 9.17) is 0 Å². The SMILES string of the molecule is C/C=C/CN1CCCC(CC)C1. The summed E-state index contributed by atoms with van der Waals surface area (Å²) in [7, 11) is 0. The van der Waals surface area contributed by atoms with E-state index in [2.05, 4.69) is 30.9 Å². The number of hydrogen-bond donors (Lipinski definition) is 0. The molecule has 1 saturated heterocycles. The van der Waals surface area contributed by atoms with E-state index >= 15 is 0 Å². The highest BCUT2D eigenvalue weighted by molar-refractivity contribution is 4.83. The van der Waals surface area contributed by atoms with Gasteiger partial charge in [-0.3, -0.25) is 4.90 Å². The van der Waals surface area contributed by atoms with Crippen molar-refractivity contribution in [3.8, 4) is 0 Å². The van der Waals surface area contributed by atoms with Gasteiger partial charge in [-0.25, -0.2) is 0 Å². The molecule has 0 bridgehead atoms. The minimum Gasteiger partial charge on any atom is -0.299 e. The molecule has 0 spiro atoms. The topological polar surface area (TPSA) is 3.24 Å². The van der Waals surface area contributed by atoms with E-state index in [0.29, 0.717) is 0 Å². The van der Waals surface area contributed by atoms with Crippen LogP contribution in [0.25, 0.3) is 0 Å². The largest absolute Gasteiger partial charge is 0.299 e. The Bertz CT molecular complexity index is 140. The molecule has 0 aromatic rings. The van der Waals surface area contributed by atoms with Crippen LogP contribution in [0.5, 0.6) is 0 Å². The summed E-state index contributed by atoms with van der Waals surface area (Å²) in [6, 6.07) is 0. The Labute approximate surface area is 76.5 Å². The molecule has 1 rings (SSSR count). The molecule has 0 aromatic heterocycles. The maximum Gasteiger partial charge on any atom is 0.0163 e. The zero-order valence-corrected chi connectivity index (χ0v) is 8.42. The van der Waals surface area contributed by atoms with Crippen molar-refractivity contribution in [2.24, 2.45) is 5.92 Å². The van der Waals surface area contributed by atoms with E-state index in [9.17, 15) is 0 Å². The van der Waals surface area contributed by atoms with Gasteiger partial charge in [-0.15, -0.1) is 0 Å². The Balaban J connectivity index is 2.25. The van der Waals surface area contributed by atoms with Crippen molar-refractivity contribution in [3.63, 3.8) is 0 Å². The quantitative estimate of drug-likeness (QED) is 0.584. The van der Waals surface area contributed by atoms with Gasteiger partial charge in [0.2, 0.25) is 0 Å². The highest BCUT2D eigenvalue weighted by atomic mass is 15.1. The van der Waals surface area contributed by atoms with Gasteiger partial charge in [-0.1, -0.05) is 25.5 Å². The van der Waals surface area contributed by atoms with Gasteiger partial charge < -0.3 is 0 Å². The molecular weight excluding hydrogens is 146 g/mol. The van der Waals surface area contributed by atoms with Gasteiger partial charge in [0, 0.05) is 13.1 Å². The zero-order chi connectivity index (χ0) is 8.81. The lowest BCUT2D eigenvalue weighted by Gasteiger charge is -2.31. The molecule has 0 saturated carbocycles. The van der Waals surface area contributed by atoms with E-state index in [-0.39, 0.29) is 0 Å². The fourth-order valence-electron chi connectivity index (χ4n) is 1.90. The Kier molecular flexibility index (Phi) is 4.37. The van der Waals surface area contributed by atoms with Crippen molar-refractivity contribution in [3.05, 3.63) is 12.2 Å². The van der Waals surface area contributed by atoms with E-state index in [1.807, 2.05) is 0 Å². The van der Waals surface area contributed by atoms with Gasteiger partial charge in [0.15, 0.2) is 0 Å². The van der Waals surface area contributed by atoms with Gasteiger partial charge in [-0.2, -0.15) is 0 Å². The Morgan fingerprint density at radius 2 is 2.33 bits per heavy atom. The van der Waals surface area contributed by atoms with Crippen LogP contribution >= 0.6 is 0 Å². The van der Waals surface area contributed by atoms with Crippen LogP contribution in [0.3, 0.4) is 0 Å². The van der Waals surface area contributed by atoms with Crippen LogP contribution in [0.15, 0.2) is 12.2 Å². The van der Waals surface area contributed by atoms with Crippen LogP contribution in [0.1, 0.15) is 33.1 Å². The summed E-state index contributed by atoms with van der Waals surface area (Å²) < 4.78 is 0. The number of nitrogens with zero attached hydrogens (tertiary/aromatic N) is 1. The third-order valence-electron chi connectivity index (χ3n) is 2.78. The van der Waals surface area contributed by atoms with Crippen LogP contribution in [-0.2, 0) is 0 Å². The molecule has 0 radical (unpaired) electrons. The van der Waals surface area contributed by atoms with Gasteiger partial charge in [0.1, 0.15) is 0 Å². The van der Waals surface area contributed by atoms with E-state index in [1.165, 1.54) is 32.4 Å². The molecule has 0 amide bonds. The molecule has 1 atom stereocenters. The van der Waals surface area contributed by atoms with Gasteiger partial charge >= 0.3 is 0 Å². The summed E-state index contributed by atoms with van der Waals surface area (Å²) in [4.78, 5) is 2.57.